The molecule has 4 N–H and O–H groups in total. The molecule has 1 heterocycles. The van der Waals surface area contributed by atoms with E-state index >= 15 is 0 Å². The van der Waals surface area contributed by atoms with E-state index in [-0.39, 0.29) is 24.9 Å². The van der Waals surface area contributed by atoms with Gasteiger partial charge in [-0.2, -0.15) is 0 Å². The largest absolute Gasteiger partial charge is 0.480 e. The van der Waals surface area contributed by atoms with Crippen LogP contribution in [-0.4, -0.2) is 33.8 Å². The lowest BCUT2D eigenvalue weighted by molar-refractivity contribution is -0.141. The molecule has 5 nitrogen and oxygen atoms in total. The highest BCUT2D eigenvalue weighted by Gasteiger charge is 2.56. The topological polar surface area (TPSA) is 101 Å². The maximum atomic E-state index is 12.7. The summed E-state index contributed by atoms with van der Waals surface area (Å²) in [6, 6.07) is 9.90. The van der Waals surface area contributed by atoms with Crippen LogP contribution in [0.15, 0.2) is 30.3 Å². The van der Waals surface area contributed by atoms with Crippen molar-refractivity contribution in [3.05, 3.63) is 35.9 Å². The third kappa shape index (κ3) is 4.03. The van der Waals surface area contributed by atoms with Gasteiger partial charge < -0.3 is 15.7 Å². The highest BCUT2D eigenvalue weighted by Crippen LogP contribution is 2.63. The second kappa shape index (κ2) is 7.61. The fraction of sp³-hybridized carbons (Fsp3) is 0.588. The molecule has 1 aromatic carbocycles. The van der Waals surface area contributed by atoms with Crippen molar-refractivity contribution in [2.45, 2.75) is 43.7 Å². The van der Waals surface area contributed by atoms with Gasteiger partial charge in [0.1, 0.15) is 5.16 Å². The average molecular weight is 339 g/mol. The summed E-state index contributed by atoms with van der Waals surface area (Å²) in [6.45, 7) is 0.471. The lowest BCUT2D eigenvalue weighted by Crippen LogP contribution is -2.44. The van der Waals surface area contributed by atoms with Crippen LogP contribution in [0.1, 0.15) is 37.7 Å². The summed E-state index contributed by atoms with van der Waals surface area (Å²) in [4.78, 5) is 22.3. The summed E-state index contributed by atoms with van der Waals surface area (Å²) < 4.78 is 12.7. The van der Waals surface area contributed by atoms with Crippen LogP contribution in [0.3, 0.4) is 0 Å². The molecule has 1 aliphatic heterocycles. The van der Waals surface area contributed by atoms with E-state index in [1.54, 1.807) is 0 Å². The zero-order chi connectivity index (χ0) is 16.9. The van der Waals surface area contributed by atoms with Crippen molar-refractivity contribution < 1.29 is 19.4 Å². The van der Waals surface area contributed by atoms with E-state index in [9.17, 15) is 19.4 Å². The van der Waals surface area contributed by atoms with E-state index in [1.165, 1.54) is 0 Å². The normalized spacial score (nSPS) is 31.0. The van der Waals surface area contributed by atoms with Crippen LogP contribution in [0.25, 0.3) is 0 Å². The van der Waals surface area contributed by atoms with Crippen LogP contribution in [-0.2, 0) is 15.8 Å². The van der Waals surface area contributed by atoms with Gasteiger partial charge in [-0.1, -0.05) is 36.8 Å². The molecule has 0 spiro atoms. The molecule has 2 rings (SSSR count). The molecule has 6 heteroatoms. The summed E-state index contributed by atoms with van der Waals surface area (Å²) in [5, 5.41) is 8.24. The smallest absolute Gasteiger partial charge is 0.319 e. The molecule has 0 aliphatic carbocycles. The standard InChI is InChI=1S/C17H26NO4P/c18-10-5-4-9-17(16(19)20)13-15(8-11-23(17,21)22)12-14-6-2-1-3-7-14/h1-3,6-7,15H,4-5,8-13,18H2,(H,19,20)(H,21,22). The molecule has 1 aromatic rings. The molecular weight excluding hydrogens is 313 g/mol. The molecule has 23 heavy (non-hydrogen) atoms. The van der Waals surface area contributed by atoms with E-state index in [2.05, 4.69) is 0 Å². The number of aliphatic carboxylic acids is 1. The van der Waals surface area contributed by atoms with Crippen LogP contribution in [0.2, 0.25) is 0 Å². The molecule has 3 atom stereocenters. The van der Waals surface area contributed by atoms with Gasteiger partial charge in [0.2, 0.25) is 7.37 Å². The molecule has 0 bridgehead atoms. The quantitative estimate of drug-likeness (QED) is 0.524. The zero-order valence-electron chi connectivity index (χ0n) is 13.4. The third-order valence-electron chi connectivity index (χ3n) is 4.95. The molecule has 0 radical (unpaired) electrons. The zero-order valence-corrected chi connectivity index (χ0v) is 14.3. The van der Waals surface area contributed by atoms with Gasteiger partial charge in [-0.05, 0) is 50.1 Å². The Balaban J connectivity index is 2.18. The van der Waals surface area contributed by atoms with Crippen molar-refractivity contribution in [2.75, 3.05) is 12.7 Å². The molecule has 1 saturated heterocycles. The molecule has 1 fully saturated rings. The van der Waals surface area contributed by atoms with E-state index in [1.807, 2.05) is 30.3 Å². The van der Waals surface area contributed by atoms with Crippen molar-refractivity contribution in [3.8, 4) is 0 Å². The maximum absolute atomic E-state index is 12.7. The SMILES string of the molecule is NCCCCC1(C(=O)O)CC(Cc2ccccc2)CCP1(=O)O. The van der Waals surface area contributed by atoms with Gasteiger partial charge in [-0.3, -0.25) is 9.36 Å². The third-order valence-corrected chi connectivity index (χ3v) is 7.74. The predicted molar refractivity (Wildman–Crippen MR) is 90.8 cm³/mol. The molecule has 128 valence electrons. The molecule has 3 unspecified atom stereocenters. The van der Waals surface area contributed by atoms with Gasteiger partial charge >= 0.3 is 5.97 Å². The Morgan fingerprint density at radius 3 is 2.61 bits per heavy atom. The minimum atomic E-state index is -3.71. The number of unbranched alkanes of at least 4 members (excludes halogenated alkanes) is 1. The average Bonchev–Trinajstić information content (AvgIpc) is 2.51. The van der Waals surface area contributed by atoms with E-state index in [0.717, 1.165) is 12.0 Å². The Labute approximate surface area is 137 Å². The van der Waals surface area contributed by atoms with Crippen molar-refractivity contribution in [3.63, 3.8) is 0 Å². The Morgan fingerprint density at radius 1 is 1.30 bits per heavy atom. The first kappa shape index (κ1) is 18.2. The van der Waals surface area contributed by atoms with Crippen LogP contribution < -0.4 is 5.73 Å². The summed E-state index contributed by atoms with van der Waals surface area (Å²) in [7, 11) is -3.71. The first-order valence-corrected chi connectivity index (χ1v) is 10.0. The van der Waals surface area contributed by atoms with E-state index in [0.29, 0.717) is 25.8 Å². The Kier molecular flexibility index (Phi) is 6.01. The fourth-order valence-electron chi connectivity index (χ4n) is 3.60. The van der Waals surface area contributed by atoms with Crippen LogP contribution in [0.5, 0.6) is 0 Å². The lowest BCUT2D eigenvalue weighted by atomic mass is 9.84. The minimum absolute atomic E-state index is 0.0967. The number of carboxylic acid groups (broad SMARTS) is 1. The molecule has 1 aliphatic rings. The summed E-state index contributed by atoms with van der Waals surface area (Å²) in [5.74, 6) is -1.00. The number of carbonyl (C=O) groups is 1. The molecular formula is C17H26NO4P. The molecule has 0 amide bonds. The number of nitrogens with two attached hydrogens (primary N) is 1. The van der Waals surface area contributed by atoms with Crippen LogP contribution in [0.4, 0.5) is 0 Å². The molecule has 0 saturated carbocycles. The van der Waals surface area contributed by atoms with Crippen molar-refractivity contribution in [1.29, 1.82) is 0 Å². The van der Waals surface area contributed by atoms with Crippen LogP contribution >= 0.6 is 7.37 Å². The highest BCUT2D eigenvalue weighted by molar-refractivity contribution is 7.60. The first-order valence-electron chi connectivity index (χ1n) is 8.20. The monoisotopic (exact) mass is 339 g/mol. The van der Waals surface area contributed by atoms with E-state index in [4.69, 9.17) is 5.73 Å². The van der Waals surface area contributed by atoms with Gasteiger partial charge in [0.05, 0.1) is 0 Å². The Hall–Kier alpha value is -1.16. The minimum Gasteiger partial charge on any atom is -0.480 e. The van der Waals surface area contributed by atoms with E-state index < -0.39 is 18.5 Å². The summed E-state index contributed by atoms with van der Waals surface area (Å²) in [6.07, 6.45) is 3.22. The number of hydrogen-bond acceptors (Lipinski definition) is 3. The number of hydrogen-bond donors (Lipinski definition) is 3. The fourth-order valence-corrected chi connectivity index (χ4v) is 6.09. The van der Waals surface area contributed by atoms with Gasteiger partial charge in [-0.15, -0.1) is 0 Å². The predicted octanol–water partition coefficient (Wildman–Crippen LogP) is 2.86. The Morgan fingerprint density at radius 2 is 2.00 bits per heavy atom. The van der Waals surface area contributed by atoms with Gasteiger partial charge in [0.15, 0.2) is 0 Å². The first-order chi connectivity index (χ1) is 10.9. The van der Waals surface area contributed by atoms with Crippen molar-refractivity contribution in [2.24, 2.45) is 11.7 Å². The van der Waals surface area contributed by atoms with Gasteiger partial charge in [0.25, 0.3) is 0 Å². The lowest BCUT2D eigenvalue weighted by Gasteiger charge is -2.41. The van der Waals surface area contributed by atoms with Crippen LogP contribution in [0, 0.1) is 5.92 Å². The Bertz CT molecular complexity index is 577. The van der Waals surface area contributed by atoms with Crippen molar-refractivity contribution >= 4 is 13.3 Å². The number of carboxylic acids is 1. The summed E-state index contributed by atoms with van der Waals surface area (Å²) in [5.41, 5.74) is 6.63. The maximum Gasteiger partial charge on any atom is 0.319 e. The van der Waals surface area contributed by atoms with Crippen molar-refractivity contribution in [1.82, 2.24) is 0 Å². The second-order valence-corrected chi connectivity index (χ2v) is 9.26. The summed E-state index contributed by atoms with van der Waals surface area (Å²) >= 11 is 0. The number of benzene rings is 1. The van der Waals surface area contributed by atoms with Gasteiger partial charge in [-0.25, -0.2) is 0 Å². The van der Waals surface area contributed by atoms with Gasteiger partial charge in [0, 0.05) is 6.16 Å². The highest BCUT2D eigenvalue weighted by atomic mass is 31.2. The molecule has 0 aromatic heterocycles. The number of rotatable bonds is 7. The second-order valence-electron chi connectivity index (χ2n) is 6.56.